The molecule has 2 aliphatic rings. The molecule has 1 heterocycles. The highest BCUT2D eigenvalue weighted by Gasteiger charge is 2.26. The number of likely N-dealkylation sites (tertiary alicyclic amines) is 1. The maximum Gasteiger partial charge on any atom is 0.0256 e. The molecular weight excluding hydrogens is 326 g/mol. The van der Waals surface area contributed by atoms with Gasteiger partial charge in [-0.25, -0.2) is 0 Å². The Morgan fingerprint density at radius 2 is 1.96 bits per heavy atom. The third kappa shape index (κ3) is 6.26. The van der Waals surface area contributed by atoms with Crippen molar-refractivity contribution in [3.05, 3.63) is 58.9 Å². The molecule has 1 saturated heterocycles. The molecular formula is C26H41N. The van der Waals surface area contributed by atoms with Crippen LogP contribution in [0.15, 0.2) is 58.9 Å². The molecule has 2 rings (SSSR count). The highest BCUT2D eigenvalue weighted by molar-refractivity contribution is 5.36. The number of allylic oxidation sites excluding steroid dienone is 9. The van der Waals surface area contributed by atoms with Crippen LogP contribution in [-0.2, 0) is 0 Å². The Labute approximate surface area is 168 Å². The normalized spacial score (nSPS) is 25.9. The minimum absolute atomic E-state index is 0.318. The molecule has 1 aliphatic heterocycles. The lowest BCUT2D eigenvalue weighted by Gasteiger charge is -2.32. The summed E-state index contributed by atoms with van der Waals surface area (Å²) in [7, 11) is 0. The summed E-state index contributed by atoms with van der Waals surface area (Å²) in [5, 5.41) is 0. The smallest absolute Gasteiger partial charge is 0.0256 e. The molecule has 0 N–H and O–H groups in total. The Balaban J connectivity index is 1.97. The van der Waals surface area contributed by atoms with Crippen LogP contribution in [0.3, 0.4) is 0 Å². The van der Waals surface area contributed by atoms with Crippen LogP contribution in [0.4, 0.5) is 0 Å². The van der Waals surface area contributed by atoms with Crippen molar-refractivity contribution in [3.63, 3.8) is 0 Å². The third-order valence-electron chi connectivity index (χ3n) is 6.51. The third-order valence-corrected chi connectivity index (χ3v) is 6.51. The van der Waals surface area contributed by atoms with Crippen LogP contribution in [0, 0.1) is 11.3 Å². The van der Waals surface area contributed by atoms with Crippen molar-refractivity contribution in [3.8, 4) is 0 Å². The molecule has 0 spiro atoms. The van der Waals surface area contributed by atoms with Gasteiger partial charge in [0.1, 0.15) is 0 Å². The Morgan fingerprint density at radius 1 is 1.22 bits per heavy atom. The van der Waals surface area contributed by atoms with E-state index in [1.807, 2.05) is 0 Å². The van der Waals surface area contributed by atoms with Crippen molar-refractivity contribution in [2.75, 3.05) is 6.54 Å². The monoisotopic (exact) mass is 367 g/mol. The lowest BCUT2D eigenvalue weighted by atomic mass is 9.72. The van der Waals surface area contributed by atoms with Crippen molar-refractivity contribution in [2.24, 2.45) is 11.3 Å². The summed E-state index contributed by atoms with van der Waals surface area (Å²) in [5.74, 6) is 0.480. The SMILES string of the molecule is CC1=C(/C=C/C(C)=C/C=C/C(C)/C(C)=C/N2CCCC2C)C(C)(C)CCC1. The van der Waals surface area contributed by atoms with Gasteiger partial charge in [-0.05, 0) is 82.9 Å². The van der Waals surface area contributed by atoms with Crippen LogP contribution in [0.25, 0.3) is 0 Å². The minimum atomic E-state index is 0.318. The second-order valence-electron chi connectivity index (χ2n) is 9.45. The average Bonchev–Trinajstić information content (AvgIpc) is 2.98. The second kappa shape index (κ2) is 9.62. The van der Waals surface area contributed by atoms with Crippen LogP contribution < -0.4 is 0 Å². The molecule has 27 heavy (non-hydrogen) atoms. The first-order chi connectivity index (χ1) is 12.7. The highest BCUT2D eigenvalue weighted by Crippen LogP contribution is 2.40. The second-order valence-corrected chi connectivity index (χ2v) is 9.45. The van der Waals surface area contributed by atoms with E-state index in [4.69, 9.17) is 0 Å². The maximum atomic E-state index is 2.51. The molecule has 0 aromatic heterocycles. The topological polar surface area (TPSA) is 3.24 Å². The summed E-state index contributed by atoms with van der Waals surface area (Å²) in [6.45, 7) is 17.4. The fraction of sp³-hybridized carbons (Fsp3) is 0.615. The van der Waals surface area contributed by atoms with Gasteiger partial charge in [-0.2, -0.15) is 0 Å². The predicted molar refractivity (Wildman–Crippen MR) is 121 cm³/mol. The van der Waals surface area contributed by atoms with E-state index >= 15 is 0 Å². The molecule has 0 bridgehead atoms. The first-order valence-corrected chi connectivity index (χ1v) is 10.9. The van der Waals surface area contributed by atoms with Gasteiger partial charge in [-0.15, -0.1) is 0 Å². The summed E-state index contributed by atoms with van der Waals surface area (Å²) in [4.78, 5) is 2.51. The zero-order valence-electron chi connectivity index (χ0n) is 18.8. The summed E-state index contributed by atoms with van der Waals surface area (Å²) >= 11 is 0. The molecule has 0 aromatic rings. The molecule has 2 unspecified atom stereocenters. The molecule has 1 nitrogen and oxygen atoms in total. The van der Waals surface area contributed by atoms with Gasteiger partial charge >= 0.3 is 0 Å². The summed E-state index contributed by atoms with van der Waals surface area (Å²) in [6, 6.07) is 0.699. The Kier molecular flexibility index (Phi) is 7.77. The Morgan fingerprint density at radius 3 is 2.59 bits per heavy atom. The quantitative estimate of drug-likeness (QED) is 0.437. The van der Waals surface area contributed by atoms with E-state index in [1.54, 1.807) is 5.57 Å². The van der Waals surface area contributed by atoms with Crippen LogP contribution in [0.2, 0.25) is 0 Å². The maximum absolute atomic E-state index is 2.51. The summed E-state index contributed by atoms with van der Waals surface area (Å²) in [5.41, 5.74) is 6.19. The van der Waals surface area contributed by atoms with Gasteiger partial charge < -0.3 is 4.90 Å². The van der Waals surface area contributed by atoms with Gasteiger partial charge in [0.15, 0.2) is 0 Å². The van der Waals surface area contributed by atoms with Crippen LogP contribution >= 0.6 is 0 Å². The van der Waals surface area contributed by atoms with Gasteiger partial charge in [0.2, 0.25) is 0 Å². The minimum Gasteiger partial charge on any atom is -0.375 e. The Hall–Kier alpha value is -1.50. The zero-order chi connectivity index (χ0) is 20.0. The van der Waals surface area contributed by atoms with Crippen LogP contribution in [0.1, 0.15) is 80.6 Å². The van der Waals surface area contributed by atoms with Crippen molar-refractivity contribution >= 4 is 0 Å². The van der Waals surface area contributed by atoms with Gasteiger partial charge in [-0.1, -0.05) is 67.9 Å². The van der Waals surface area contributed by atoms with Crippen molar-refractivity contribution in [1.29, 1.82) is 0 Å². The lowest BCUT2D eigenvalue weighted by molar-refractivity contribution is 0.367. The predicted octanol–water partition coefficient (Wildman–Crippen LogP) is 7.60. The fourth-order valence-electron chi connectivity index (χ4n) is 4.33. The first-order valence-electron chi connectivity index (χ1n) is 10.9. The molecule has 0 amide bonds. The van der Waals surface area contributed by atoms with E-state index in [1.165, 1.54) is 55.4 Å². The van der Waals surface area contributed by atoms with E-state index in [9.17, 15) is 0 Å². The Bertz CT molecular complexity index is 654. The first kappa shape index (κ1) is 21.8. The number of hydrogen-bond donors (Lipinski definition) is 0. The lowest BCUT2D eigenvalue weighted by Crippen LogP contribution is -2.21. The molecule has 1 fully saturated rings. The molecule has 1 heteroatoms. The van der Waals surface area contributed by atoms with Crippen LogP contribution in [0.5, 0.6) is 0 Å². The standard InChI is InChI=1S/C26H41N/c1-20(15-16-25-22(3)13-9-17-26(25,6)7)11-8-12-21(2)23(4)19-27-18-10-14-24(27)5/h8,11-12,15-16,19,21,24H,9-10,13-14,17-18H2,1-7H3/b12-8+,16-15+,20-11+,23-19+. The number of rotatable bonds is 6. The van der Waals surface area contributed by atoms with E-state index in [2.05, 4.69) is 89.9 Å². The molecule has 0 radical (unpaired) electrons. The summed E-state index contributed by atoms with van der Waals surface area (Å²) in [6.07, 6.45) is 20.3. The van der Waals surface area contributed by atoms with Gasteiger partial charge in [0.25, 0.3) is 0 Å². The number of hydrogen-bond acceptors (Lipinski definition) is 1. The largest absolute Gasteiger partial charge is 0.375 e. The van der Waals surface area contributed by atoms with Gasteiger partial charge in [-0.3, -0.25) is 0 Å². The molecule has 0 saturated carbocycles. The van der Waals surface area contributed by atoms with Crippen molar-refractivity contribution in [2.45, 2.75) is 86.6 Å². The van der Waals surface area contributed by atoms with Crippen LogP contribution in [-0.4, -0.2) is 17.5 Å². The van der Waals surface area contributed by atoms with E-state index in [0.717, 1.165) is 0 Å². The molecule has 150 valence electrons. The van der Waals surface area contributed by atoms with Crippen molar-refractivity contribution in [1.82, 2.24) is 4.90 Å². The molecule has 1 aliphatic carbocycles. The molecule has 2 atom stereocenters. The van der Waals surface area contributed by atoms with Gasteiger partial charge in [0.05, 0.1) is 0 Å². The van der Waals surface area contributed by atoms with Crippen molar-refractivity contribution < 1.29 is 0 Å². The van der Waals surface area contributed by atoms with E-state index < -0.39 is 0 Å². The van der Waals surface area contributed by atoms with E-state index in [0.29, 0.717) is 17.4 Å². The number of nitrogens with zero attached hydrogens (tertiary/aromatic N) is 1. The zero-order valence-corrected chi connectivity index (χ0v) is 18.8. The average molecular weight is 368 g/mol. The highest BCUT2D eigenvalue weighted by atomic mass is 15.2. The molecule has 0 aromatic carbocycles. The fourth-order valence-corrected chi connectivity index (χ4v) is 4.33. The summed E-state index contributed by atoms with van der Waals surface area (Å²) < 4.78 is 0. The van der Waals surface area contributed by atoms with Gasteiger partial charge in [0, 0.05) is 12.6 Å². The van der Waals surface area contributed by atoms with E-state index in [-0.39, 0.29) is 0 Å².